The lowest BCUT2D eigenvalue weighted by Gasteiger charge is -2.56. The fourth-order valence-corrected chi connectivity index (χ4v) is 9.81. The van der Waals surface area contributed by atoms with Crippen LogP contribution in [0.2, 0.25) is 0 Å². The van der Waals surface area contributed by atoms with Crippen LogP contribution in [-0.4, -0.2) is 12.1 Å². The topological polar surface area (TPSA) is 26.3 Å². The predicted octanol–water partition coefficient (Wildman–Crippen LogP) is 8.29. The van der Waals surface area contributed by atoms with Crippen LogP contribution in [0.25, 0.3) is 0 Å². The third-order valence-corrected chi connectivity index (χ3v) is 11.5. The van der Waals surface area contributed by atoms with Gasteiger partial charge in [0.25, 0.3) is 0 Å². The molecule has 4 saturated carbocycles. The maximum atomic E-state index is 11.5. The highest BCUT2D eigenvalue weighted by atomic mass is 16.5. The molecule has 0 radical (unpaired) electrons. The van der Waals surface area contributed by atoms with Crippen LogP contribution in [-0.2, 0) is 9.53 Å². The molecule has 0 amide bonds. The minimum absolute atomic E-state index is 0.0830. The zero-order valence-electron chi connectivity index (χ0n) is 22.1. The van der Waals surface area contributed by atoms with Gasteiger partial charge in [-0.2, -0.15) is 0 Å². The Bertz CT molecular complexity index is 641. The van der Waals surface area contributed by atoms with Gasteiger partial charge in [0.05, 0.1) is 0 Å². The largest absolute Gasteiger partial charge is 0.463 e. The molecule has 0 aliphatic heterocycles. The molecule has 2 heteroatoms. The smallest absolute Gasteiger partial charge is 0.302 e. The van der Waals surface area contributed by atoms with Gasteiger partial charge < -0.3 is 4.74 Å². The van der Waals surface area contributed by atoms with E-state index in [2.05, 4.69) is 34.6 Å². The Morgan fingerprint density at radius 2 is 1.69 bits per heavy atom. The lowest BCUT2D eigenvalue weighted by atomic mass is 9.49. The van der Waals surface area contributed by atoms with Crippen molar-refractivity contribution in [3.63, 3.8) is 0 Å². The third kappa shape index (κ3) is 4.68. The molecule has 0 aromatic carbocycles. The molecule has 32 heavy (non-hydrogen) atoms. The SMILES string of the molecule is CCC(CCC(C)C1CCC2C3CCC4C[C@@H](OC(C)=O)CCC4C3CCC12C)C(C)C. The van der Waals surface area contributed by atoms with Crippen LogP contribution >= 0.6 is 0 Å². The highest BCUT2D eigenvalue weighted by Crippen LogP contribution is 2.65. The zero-order valence-corrected chi connectivity index (χ0v) is 22.1. The van der Waals surface area contributed by atoms with Gasteiger partial charge in [-0.05, 0) is 123 Å². The van der Waals surface area contributed by atoms with Gasteiger partial charge in [0, 0.05) is 6.92 Å². The van der Waals surface area contributed by atoms with E-state index >= 15 is 0 Å². The van der Waals surface area contributed by atoms with Crippen molar-refractivity contribution in [1.82, 2.24) is 0 Å². The van der Waals surface area contributed by atoms with E-state index in [9.17, 15) is 4.79 Å². The molecule has 0 saturated heterocycles. The van der Waals surface area contributed by atoms with Crippen LogP contribution in [0.4, 0.5) is 0 Å². The fraction of sp³-hybridized carbons (Fsp3) is 0.967. The second-order valence-electron chi connectivity index (χ2n) is 13.2. The number of carbonyl (C=O) groups excluding carboxylic acids is 1. The average Bonchev–Trinajstić information content (AvgIpc) is 3.10. The Kier molecular flexibility index (Phi) is 7.68. The molecule has 4 aliphatic carbocycles. The summed E-state index contributed by atoms with van der Waals surface area (Å²) in [6, 6.07) is 0. The van der Waals surface area contributed by atoms with E-state index in [-0.39, 0.29) is 12.1 Å². The minimum Gasteiger partial charge on any atom is -0.463 e. The number of rotatable bonds is 7. The first-order valence-electron chi connectivity index (χ1n) is 14.4. The summed E-state index contributed by atoms with van der Waals surface area (Å²) in [6.07, 6.45) is 16.8. The standard InChI is InChI=1S/C30H52O2/c1-7-22(19(2)3)9-8-20(4)28-14-15-29-27-12-10-23-18-24(32-21(5)31)11-13-25(23)26(27)16-17-30(28,29)6/h19-20,22-29H,7-18H2,1-6H3/t20?,22?,23?,24-,25?,26?,27?,28?,29?,30?/m0/s1. The van der Waals surface area contributed by atoms with Crippen LogP contribution in [0.1, 0.15) is 119 Å². The molecule has 0 spiro atoms. The first-order valence-corrected chi connectivity index (χ1v) is 14.4. The quantitative estimate of drug-likeness (QED) is 0.369. The first-order chi connectivity index (χ1) is 15.2. The molecule has 4 fully saturated rings. The van der Waals surface area contributed by atoms with E-state index in [0.29, 0.717) is 5.41 Å². The Morgan fingerprint density at radius 3 is 2.38 bits per heavy atom. The highest BCUT2D eigenvalue weighted by Gasteiger charge is 2.57. The van der Waals surface area contributed by atoms with E-state index in [1.807, 2.05) is 0 Å². The maximum Gasteiger partial charge on any atom is 0.302 e. The summed E-state index contributed by atoms with van der Waals surface area (Å²) < 4.78 is 5.63. The Labute approximate surface area is 199 Å². The Morgan fingerprint density at radius 1 is 0.938 bits per heavy atom. The number of hydrogen-bond donors (Lipinski definition) is 0. The molecule has 4 rings (SSSR count). The van der Waals surface area contributed by atoms with Gasteiger partial charge in [0.2, 0.25) is 0 Å². The monoisotopic (exact) mass is 444 g/mol. The van der Waals surface area contributed by atoms with Gasteiger partial charge in [-0.1, -0.05) is 47.5 Å². The molecule has 2 nitrogen and oxygen atoms in total. The van der Waals surface area contributed by atoms with E-state index in [0.717, 1.165) is 66.1 Å². The molecule has 184 valence electrons. The van der Waals surface area contributed by atoms with E-state index in [1.54, 1.807) is 6.92 Å². The van der Waals surface area contributed by atoms with Crippen LogP contribution < -0.4 is 0 Å². The molecular formula is C30H52O2. The van der Waals surface area contributed by atoms with Crippen LogP contribution in [0.15, 0.2) is 0 Å². The Hall–Kier alpha value is -0.530. The average molecular weight is 445 g/mol. The molecule has 0 N–H and O–H groups in total. The van der Waals surface area contributed by atoms with Gasteiger partial charge in [0.1, 0.15) is 6.10 Å². The van der Waals surface area contributed by atoms with Gasteiger partial charge in [-0.15, -0.1) is 0 Å². The molecule has 0 heterocycles. The second kappa shape index (κ2) is 9.99. The van der Waals surface area contributed by atoms with Crippen molar-refractivity contribution in [1.29, 1.82) is 0 Å². The molecule has 0 aromatic rings. The summed E-state index contributed by atoms with van der Waals surface area (Å²) in [5.41, 5.74) is 0.599. The van der Waals surface area contributed by atoms with Crippen LogP contribution in [0.5, 0.6) is 0 Å². The molecule has 0 aromatic heterocycles. The zero-order chi connectivity index (χ0) is 23.0. The lowest BCUT2D eigenvalue weighted by molar-refractivity contribution is -0.152. The number of hydrogen-bond acceptors (Lipinski definition) is 2. The lowest BCUT2D eigenvalue weighted by Crippen LogP contribution is -2.49. The molecular weight excluding hydrogens is 392 g/mol. The normalized spacial score (nSPS) is 43.2. The summed E-state index contributed by atoms with van der Waals surface area (Å²) in [5.74, 6) is 8.17. The number of ether oxygens (including phenoxy) is 1. The van der Waals surface area contributed by atoms with Crippen LogP contribution in [0, 0.1) is 58.7 Å². The van der Waals surface area contributed by atoms with Crippen molar-refractivity contribution < 1.29 is 9.53 Å². The molecule has 9 unspecified atom stereocenters. The van der Waals surface area contributed by atoms with Crippen molar-refractivity contribution in [2.75, 3.05) is 0 Å². The number of fused-ring (bicyclic) bond motifs is 5. The van der Waals surface area contributed by atoms with Gasteiger partial charge >= 0.3 is 5.97 Å². The van der Waals surface area contributed by atoms with Crippen molar-refractivity contribution in [2.45, 2.75) is 125 Å². The highest BCUT2D eigenvalue weighted by molar-refractivity contribution is 5.66. The van der Waals surface area contributed by atoms with Gasteiger partial charge in [-0.25, -0.2) is 0 Å². The van der Waals surface area contributed by atoms with Gasteiger partial charge in [-0.3, -0.25) is 4.79 Å². The predicted molar refractivity (Wildman–Crippen MR) is 133 cm³/mol. The van der Waals surface area contributed by atoms with Crippen molar-refractivity contribution in [3.05, 3.63) is 0 Å². The minimum atomic E-state index is -0.0830. The summed E-state index contributed by atoms with van der Waals surface area (Å²) in [4.78, 5) is 11.5. The van der Waals surface area contributed by atoms with E-state index < -0.39 is 0 Å². The number of carbonyl (C=O) groups is 1. The Balaban J connectivity index is 1.38. The second-order valence-corrected chi connectivity index (χ2v) is 13.2. The molecule has 0 bridgehead atoms. The maximum absolute atomic E-state index is 11.5. The van der Waals surface area contributed by atoms with Crippen molar-refractivity contribution in [2.24, 2.45) is 58.7 Å². The summed E-state index contributed by atoms with van der Waals surface area (Å²) in [5, 5.41) is 0. The van der Waals surface area contributed by atoms with Crippen molar-refractivity contribution in [3.8, 4) is 0 Å². The fourth-order valence-electron chi connectivity index (χ4n) is 9.81. The van der Waals surface area contributed by atoms with E-state index in [1.165, 1.54) is 64.2 Å². The molecule has 10 atom stereocenters. The summed E-state index contributed by atoms with van der Waals surface area (Å²) in [6.45, 7) is 14.1. The van der Waals surface area contributed by atoms with E-state index in [4.69, 9.17) is 4.74 Å². The third-order valence-electron chi connectivity index (χ3n) is 11.5. The molecule has 4 aliphatic rings. The summed E-state index contributed by atoms with van der Waals surface area (Å²) >= 11 is 0. The van der Waals surface area contributed by atoms with Crippen molar-refractivity contribution >= 4 is 5.97 Å². The first kappa shape index (κ1) is 24.6. The number of esters is 1. The van der Waals surface area contributed by atoms with Gasteiger partial charge in [0.15, 0.2) is 0 Å². The van der Waals surface area contributed by atoms with Crippen LogP contribution in [0.3, 0.4) is 0 Å². The summed E-state index contributed by atoms with van der Waals surface area (Å²) in [7, 11) is 0.